The molecule has 19 heavy (non-hydrogen) atoms. The van der Waals surface area contributed by atoms with E-state index in [1.807, 2.05) is 11.7 Å². The SMILES string of the molecule is CCc1nn(C)cc1CNCC(CC(C)C)N(C)C. The topological polar surface area (TPSA) is 33.1 Å². The van der Waals surface area contributed by atoms with E-state index < -0.39 is 0 Å². The summed E-state index contributed by atoms with van der Waals surface area (Å²) < 4.78 is 1.91. The molecule has 1 unspecified atom stereocenters. The maximum absolute atomic E-state index is 4.48. The van der Waals surface area contributed by atoms with Crippen molar-refractivity contribution in [1.82, 2.24) is 20.0 Å². The minimum Gasteiger partial charge on any atom is -0.311 e. The van der Waals surface area contributed by atoms with Gasteiger partial charge in [0.05, 0.1) is 5.69 Å². The Morgan fingerprint density at radius 3 is 2.58 bits per heavy atom. The second kappa shape index (κ2) is 7.65. The number of hydrogen-bond acceptors (Lipinski definition) is 3. The van der Waals surface area contributed by atoms with Crippen LogP contribution in [-0.4, -0.2) is 41.4 Å². The molecule has 1 N–H and O–H groups in total. The Bertz CT molecular complexity index is 368. The fraction of sp³-hybridized carbons (Fsp3) is 0.800. The third-order valence-electron chi connectivity index (χ3n) is 3.50. The third kappa shape index (κ3) is 5.33. The van der Waals surface area contributed by atoms with E-state index in [0.29, 0.717) is 6.04 Å². The van der Waals surface area contributed by atoms with E-state index in [1.165, 1.54) is 17.7 Å². The number of likely N-dealkylation sites (N-methyl/N-ethyl adjacent to an activating group) is 1. The first-order valence-corrected chi connectivity index (χ1v) is 7.32. The fourth-order valence-corrected chi connectivity index (χ4v) is 2.42. The van der Waals surface area contributed by atoms with Crippen molar-refractivity contribution in [2.75, 3.05) is 20.6 Å². The van der Waals surface area contributed by atoms with Gasteiger partial charge >= 0.3 is 0 Å². The first-order valence-electron chi connectivity index (χ1n) is 7.32. The summed E-state index contributed by atoms with van der Waals surface area (Å²) >= 11 is 0. The Morgan fingerprint density at radius 1 is 1.37 bits per heavy atom. The Morgan fingerprint density at radius 2 is 2.05 bits per heavy atom. The van der Waals surface area contributed by atoms with Gasteiger partial charge in [-0.3, -0.25) is 4.68 Å². The molecule has 0 aliphatic heterocycles. The van der Waals surface area contributed by atoms with E-state index in [2.05, 4.69) is 56.4 Å². The summed E-state index contributed by atoms with van der Waals surface area (Å²) in [7, 11) is 6.32. The van der Waals surface area contributed by atoms with Crippen molar-refractivity contribution in [2.45, 2.75) is 46.2 Å². The van der Waals surface area contributed by atoms with Crippen LogP contribution in [0, 0.1) is 5.92 Å². The molecule has 110 valence electrons. The van der Waals surface area contributed by atoms with E-state index in [-0.39, 0.29) is 0 Å². The van der Waals surface area contributed by atoms with Gasteiger partial charge in [-0.05, 0) is 32.9 Å². The zero-order valence-corrected chi connectivity index (χ0v) is 13.4. The molecule has 1 heterocycles. The average molecular weight is 266 g/mol. The molecule has 0 saturated carbocycles. The van der Waals surface area contributed by atoms with Gasteiger partial charge in [-0.15, -0.1) is 0 Å². The molecular formula is C15H30N4. The molecule has 1 aromatic heterocycles. The van der Waals surface area contributed by atoms with E-state index in [4.69, 9.17) is 0 Å². The van der Waals surface area contributed by atoms with Crippen LogP contribution in [-0.2, 0) is 20.0 Å². The molecule has 1 atom stereocenters. The molecule has 4 nitrogen and oxygen atoms in total. The van der Waals surface area contributed by atoms with Gasteiger partial charge in [-0.1, -0.05) is 20.8 Å². The highest BCUT2D eigenvalue weighted by Gasteiger charge is 2.13. The van der Waals surface area contributed by atoms with Crippen molar-refractivity contribution in [2.24, 2.45) is 13.0 Å². The van der Waals surface area contributed by atoms with Crippen molar-refractivity contribution >= 4 is 0 Å². The molecule has 0 saturated heterocycles. The van der Waals surface area contributed by atoms with Crippen molar-refractivity contribution in [1.29, 1.82) is 0 Å². The van der Waals surface area contributed by atoms with Crippen molar-refractivity contribution in [3.05, 3.63) is 17.5 Å². The molecule has 1 aromatic rings. The van der Waals surface area contributed by atoms with Crippen LogP contribution in [0.5, 0.6) is 0 Å². The third-order valence-corrected chi connectivity index (χ3v) is 3.50. The predicted molar refractivity (Wildman–Crippen MR) is 81.2 cm³/mol. The maximum atomic E-state index is 4.48. The molecular weight excluding hydrogens is 236 g/mol. The van der Waals surface area contributed by atoms with Gasteiger partial charge in [0, 0.05) is 37.9 Å². The fourth-order valence-electron chi connectivity index (χ4n) is 2.42. The number of rotatable bonds is 8. The van der Waals surface area contributed by atoms with Gasteiger partial charge in [0.15, 0.2) is 0 Å². The Hall–Kier alpha value is -0.870. The zero-order chi connectivity index (χ0) is 14.4. The molecule has 0 bridgehead atoms. The minimum absolute atomic E-state index is 0.599. The number of nitrogens with zero attached hydrogens (tertiary/aromatic N) is 3. The van der Waals surface area contributed by atoms with Crippen LogP contribution in [0.25, 0.3) is 0 Å². The number of aryl methyl sites for hydroxylation is 2. The number of hydrogen-bond donors (Lipinski definition) is 1. The van der Waals surface area contributed by atoms with Crippen LogP contribution in [0.4, 0.5) is 0 Å². The molecule has 0 aromatic carbocycles. The van der Waals surface area contributed by atoms with Gasteiger partial charge in [0.2, 0.25) is 0 Å². The van der Waals surface area contributed by atoms with Crippen molar-refractivity contribution in [3.8, 4) is 0 Å². The Balaban J connectivity index is 2.47. The lowest BCUT2D eigenvalue weighted by molar-refractivity contribution is 0.246. The summed E-state index contributed by atoms with van der Waals surface area (Å²) in [6, 6.07) is 0.599. The van der Waals surface area contributed by atoms with Crippen LogP contribution < -0.4 is 5.32 Å². The summed E-state index contributed by atoms with van der Waals surface area (Å²) in [6.45, 7) is 8.68. The minimum atomic E-state index is 0.599. The highest BCUT2D eigenvalue weighted by molar-refractivity contribution is 5.16. The summed E-state index contributed by atoms with van der Waals surface area (Å²) in [5, 5.41) is 8.06. The van der Waals surface area contributed by atoms with Gasteiger partial charge in [0.25, 0.3) is 0 Å². The largest absolute Gasteiger partial charge is 0.311 e. The number of aromatic nitrogens is 2. The highest BCUT2D eigenvalue weighted by Crippen LogP contribution is 2.10. The maximum Gasteiger partial charge on any atom is 0.0666 e. The van der Waals surface area contributed by atoms with Crippen LogP contribution in [0.2, 0.25) is 0 Å². The molecule has 0 spiro atoms. The second-order valence-corrected chi connectivity index (χ2v) is 6.01. The van der Waals surface area contributed by atoms with Crippen LogP contribution in [0.3, 0.4) is 0 Å². The Labute approximate surface area is 118 Å². The number of nitrogens with one attached hydrogen (secondary N) is 1. The second-order valence-electron chi connectivity index (χ2n) is 6.01. The molecule has 0 aliphatic rings. The molecule has 0 radical (unpaired) electrons. The first-order chi connectivity index (χ1) is 8.93. The summed E-state index contributed by atoms with van der Waals surface area (Å²) in [5.74, 6) is 0.735. The van der Waals surface area contributed by atoms with Crippen molar-refractivity contribution < 1.29 is 0 Å². The summed E-state index contributed by atoms with van der Waals surface area (Å²) in [6.07, 6.45) is 4.35. The Kier molecular flexibility index (Phi) is 6.52. The van der Waals surface area contributed by atoms with E-state index in [0.717, 1.165) is 25.4 Å². The van der Waals surface area contributed by atoms with Gasteiger partial charge in [-0.2, -0.15) is 5.10 Å². The van der Waals surface area contributed by atoms with Gasteiger partial charge in [0.1, 0.15) is 0 Å². The molecule has 0 fully saturated rings. The van der Waals surface area contributed by atoms with Crippen LogP contribution >= 0.6 is 0 Å². The zero-order valence-electron chi connectivity index (χ0n) is 13.4. The summed E-state index contributed by atoms with van der Waals surface area (Å²) in [5.41, 5.74) is 2.53. The lowest BCUT2D eigenvalue weighted by atomic mass is 10.0. The van der Waals surface area contributed by atoms with Gasteiger partial charge in [-0.25, -0.2) is 0 Å². The van der Waals surface area contributed by atoms with Crippen LogP contribution in [0.1, 0.15) is 38.4 Å². The standard InChI is InChI=1S/C15H30N4/c1-7-15-13(11-19(6)17-15)9-16-10-14(18(4)5)8-12(2)3/h11-12,14,16H,7-10H2,1-6H3. The average Bonchev–Trinajstić information content (AvgIpc) is 2.67. The molecule has 1 rings (SSSR count). The van der Waals surface area contributed by atoms with E-state index in [9.17, 15) is 0 Å². The molecule has 4 heteroatoms. The first kappa shape index (κ1) is 16.2. The van der Waals surface area contributed by atoms with E-state index in [1.54, 1.807) is 0 Å². The predicted octanol–water partition coefficient (Wildman–Crippen LogP) is 2.05. The smallest absolute Gasteiger partial charge is 0.0666 e. The van der Waals surface area contributed by atoms with E-state index >= 15 is 0 Å². The lowest BCUT2D eigenvalue weighted by Gasteiger charge is -2.26. The molecule has 0 aliphatic carbocycles. The quantitative estimate of drug-likeness (QED) is 0.782. The normalized spacial score (nSPS) is 13.5. The van der Waals surface area contributed by atoms with Gasteiger partial charge < -0.3 is 10.2 Å². The van der Waals surface area contributed by atoms with Crippen molar-refractivity contribution in [3.63, 3.8) is 0 Å². The molecule has 0 amide bonds. The summed E-state index contributed by atoms with van der Waals surface area (Å²) in [4.78, 5) is 2.32. The lowest BCUT2D eigenvalue weighted by Crippen LogP contribution is -2.38. The highest BCUT2D eigenvalue weighted by atomic mass is 15.3. The monoisotopic (exact) mass is 266 g/mol. The van der Waals surface area contributed by atoms with Crippen LogP contribution in [0.15, 0.2) is 6.20 Å².